The Kier molecular flexibility index (Phi) is 6.63. The van der Waals surface area contributed by atoms with Gasteiger partial charge in [0, 0.05) is 18.2 Å². The van der Waals surface area contributed by atoms with E-state index in [0.717, 1.165) is 5.56 Å². The van der Waals surface area contributed by atoms with Crippen LogP contribution in [0.3, 0.4) is 0 Å². The first-order chi connectivity index (χ1) is 11.7. The Bertz CT molecular complexity index is 680. The van der Waals surface area contributed by atoms with E-state index in [4.69, 9.17) is 4.74 Å². The molecule has 5 nitrogen and oxygen atoms in total. The van der Waals surface area contributed by atoms with Crippen molar-refractivity contribution in [1.29, 1.82) is 0 Å². The molecule has 25 heavy (non-hydrogen) atoms. The number of rotatable bonds is 7. The molecule has 0 radical (unpaired) electrons. The minimum Gasteiger partial charge on any atom is -0.374 e. The summed E-state index contributed by atoms with van der Waals surface area (Å²) in [6, 6.07) is 7.18. The van der Waals surface area contributed by atoms with Crippen LogP contribution in [-0.2, 0) is 21.2 Å². The number of hydrogen-bond acceptors (Lipinski definition) is 4. The molecule has 0 saturated carbocycles. The van der Waals surface area contributed by atoms with Gasteiger partial charge in [0.25, 0.3) is 5.91 Å². The van der Waals surface area contributed by atoms with Gasteiger partial charge in [-0.1, -0.05) is 26.0 Å². The summed E-state index contributed by atoms with van der Waals surface area (Å²) < 4.78 is 29.2. The van der Waals surface area contributed by atoms with Crippen molar-refractivity contribution in [2.24, 2.45) is 5.92 Å². The fourth-order valence-electron chi connectivity index (χ4n) is 2.98. The predicted molar refractivity (Wildman–Crippen MR) is 99.3 cm³/mol. The number of nitrogens with zero attached hydrogens (tertiary/aromatic N) is 1. The Morgan fingerprint density at radius 2 is 1.84 bits per heavy atom. The molecule has 0 aromatic heterocycles. The van der Waals surface area contributed by atoms with Gasteiger partial charge in [-0.25, -0.2) is 8.42 Å². The summed E-state index contributed by atoms with van der Waals surface area (Å²) >= 11 is 0. The predicted octanol–water partition coefficient (Wildman–Crippen LogP) is 2.90. The highest BCUT2D eigenvalue weighted by atomic mass is 32.2. The molecule has 140 valence electrons. The molecule has 1 fully saturated rings. The zero-order chi connectivity index (χ0) is 18.6. The topological polar surface area (TPSA) is 63.7 Å². The maximum Gasteiger partial charge on any atom is 0.254 e. The third-order valence-electron chi connectivity index (χ3n) is 4.26. The van der Waals surface area contributed by atoms with Crippen molar-refractivity contribution in [2.75, 3.05) is 18.1 Å². The van der Waals surface area contributed by atoms with Crippen LogP contribution in [0.1, 0.15) is 50.0 Å². The highest BCUT2D eigenvalue weighted by Crippen LogP contribution is 2.21. The van der Waals surface area contributed by atoms with Gasteiger partial charge in [-0.15, -0.1) is 0 Å². The Morgan fingerprint density at radius 3 is 2.32 bits per heavy atom. The van der Waals surface area contributed by atoms with Crippen molar-refractivity contribution in [2.45, 2.75) is 52.9 Å². The fraction of sp³-hybridized carbons (Fsp3) is 0.632. The Hall–Kier alpha value is -1.40. The van der Waals surface area contributed by atoms with Gasteiger partial charge in [-0.3, -0.25) is 4.79 Å². The lowest BCUT2D eigenvalue weighted by molar-refractivity contribution is 0.0650. The third-order valence-corrected chi connectivity index (χ3v) is 6.01. The minimum absolute atomic E-state index is 0.0752. The molecule has 2 rings (SSSR count). The van der Waals surface area contributed by atoms with Crippen molar-refractivity contribution >= 4 is 15.7 Å². The highest BCUT2D eigenvalue weighted by Gasteiger charge is 2.35. The van der Waals surface area contributed by atoms with Crippen LogP contribution in [0.4, 0.5) is 0 Å². The Morgan fingerprint density at radius 1 is 1.20 bits per heavy atom. The van der Waals surface area contributed by atoms with E-state index in [1.54, 1.807) is 17.0 Å². The average molecular weight is 368 g/mol. The largest absolute Gasteiger partial charge is 0.374 e. The van der Waals surface area contributed by atoms with Gasteiger partial charge in [0.2, 0.25) is 0 Å². The van der Waals surface area contributed by atoms with E-state index in [1.165, 1.54) is 0 Å². The third kappa shape index (κ3) is 5.82. The molecule has 0 aliphatic carbocycles. The molecule has 1 saturated heterocycles. The van der Waals surface area contributed by atoms with Crippen LogP contribution in [0.2, 0.25) is 0 Å². The van der Waals surface area contributed by atoms with Crippen molar-refractivity contribution in [3.63, 3.8) is 0 Å². The summed E-state index contributed by atoms with van der Waals surface area (Å²) in [5, 5.41) is 0. The zero-order valence-corrected chi connectivity index (χ0v) is 16.4. The standard InChI is InChI=1S/C19H29NO4S/c1-14(2)11-20(18-9-10-25(22,23)13-18)19(21)17-7-5-16(6-8-17)12-24-15(3)4/h5-8,14-15,18H,9-13H2,1-4H3/t18-/m1/s1. The number of amides is 1. The molecule has 1 atom stereocenters. The van der Waals surface area contributed by atoms with E-state index in [0.29, 0.717) is 25.1 Å². The van der Waals surface area contributed by atoms with Crippen molar-refractivity contribution in [3.05, 3.63) is 35.4 Å². The highest BCUT2D eigenvalue weighted by molar-refractivity contribution is 7.91. The van der Waals surface area contributed by atoms with Crippen molar-refractivity contribution < 1.29 is 17.9 Å². The van der Waals surface area contributed by atoms with E-state index in [2.05, 4.69) is 0 Å². The minimum atomic E-state index is -3.02. The van der Waals surface area contributed by atoms with Crippen LogP contribution in [0.15, 0.2) is 24.3 Å². The van der Waals surface area contributed by atoms with E-state index in [1.807, 2.05) is 39.8 Å². The quantitative estimate of drug-likeness (QED) is 0.743. The summed E-state index contributed by atoms with van der Waals surface area (Å²) in [7, 11) is -3.02. The number of carbonyl (C=O) groups excluding carboxylic acids is 1. The first kappa shape index (κ1) is 19.9. The van der Waals surface area contributed by atoms with Gasteiger partial charge in [-0.2, -0.15) is 0 Å². The van der Waals surface area contributed by atoms with Gasteiger partial charge >= 0.3 is 0 Å². The molecule has 6 heteroatoms. The molecule has 0 N–H and O–H groups in total. The van der Waals surface area contributed by atoms with Gasteiger partial charge < -0.3 is 9.64 Å². The van der Waals surface area contributed by atoms with Crippen LogP contribution >= 0.6 is 0 Å². The molecule has 0 spiro atoms. The van der Waals surface area contributed by atoms with Crippen LogP contribution in [0.25, 0.3) is 0 Å². The summed E-state index contributed by atoms with van der Waals surface area (Å²) in [6.45, 7) is 9.13. The van der Waals surface area contributed by atoms with E-state index >= 15 is 0 Å². The second kappa shape index (κ2) is 8.32. The number of carbonyl (C=O) groups is 1. The summed E-state index contributed by atoms with van der Waals surface area (Å²) in [5.74, 6) is 0.440. The molecular weight excluding hydrogens is 338 g/mol. The summed E-state index contributed by atoms with van der Waals surface area (Å²) in [5.41, 5.74) is 1.61. The normalized spacial score (nSPS) is 19.5. The molecule has 1 heterocycles. The van der Waals surface area contributed by atoms with E-state index in [9.17, 15) is 13.2 Å². The first-order valence-corrected chi connectivity index (χ1v) is 10.7. The second-order valence-electron chi connectivity index (χ2n) is 7.46. The lowest BCUT2D eigenvalue weighted by Crippen LogP contribution is -2.43. The van der Waals surface area contributed by atoms with Gasteiger partial charge in [0.1, 0.15) is 0 Å². The Labute approximate surface area is 151 Å². The fourth-order valence-corrected chi connectivity index (χ4v) is 4.72. The monoisotopic (exact) mass is 367 g/mol. The molecule has 1 amide bonds. The molecule has 0 bridgehead atoms. The molecular formula is C19H29NO4S. The smallest absolute Gasteiger partial charge is 0.254 e. The number of sulfone groups is 1. The Balaban J connectivity index is 2.13. The van der Waals surface area contributed by atoms with Crippen LogP contribution in [0, 0.1) is 5.92 Å². The van der Waals surface area contributed by atoms with E-state index < -0.39 is 9.84 Å². The lowest BCUT2D eigenvalue weighted by Gasteiger charge is -2.30. The van der Waals surface area contributed by atoms with Gasteiger partial charge in [0.15, 0.2) is 9.84 Å². The van der Waals surface area contributed by atoms with Crippen molar-refractivity contribution in [3.8, 4) is 0 Å². The van der Waals surface area contributed by atoms with Crippen molar-refractivity contribution in [1.82, 2.24) is 4.90 Å². The van der Waals surface area contributed by atoms with Gasteiger partial charge in [-0.05, 0) is 43.9 Å². The molecule has 1 aromatic rings. The van der Waals surface area contributed by atoms with Crippen LogP contribution in [-0.4, -0.2) is 49.4 Å². The molecule has 1 aromatic carbocycles. The lowest BCUT2D eigenvalue weighted by atomic mass is 10.1. The van der Waals surface area contributed by atoms with Gasteiger partial charge in [0.05, 0.1) is 24.2 Å². The number of ether oxygens (including phenoxy) is 1. The average Bonchev–Trinajstić information content (AvgIpc) is 2.90. The van der Waals surface area contributed by atoms with Crippen LogP contribution in [0.5, 0.6) is 0 Å². The van der Waals surface area contributed by atoms with Crippen LogP contribution < -0.4 is 0 Å². The molecule has 0 unspecified atom stereocenters. The maximum absolute atomic E-state index is 13.0. The second-order valence-corrected chi connectivity index (χ2v) is 9.69. The molecule has 1 aliphatic rings. The summed E-state index contributed by atoms with van der Waals surface area (Å²) in [6.07, 6.45) is 0.688. The van der Waals surface area contributed by atoms with E-state index in [-0.39, 0.29) is 35.5 Å². The zero-order valence-electron chi connectivity index (χ0n) is 15.6. The maximum atomic E-state index is 13.0. The SMILES string of the molecule is CC(C)CN(C(=O)c1ccc(COC(C)C)cc1)[C@@H]1CCS(=O)(=O)C1. The number of benzene rings is 1. The molecule has 1 aliphatic heterocycles. The number of hydrogen-bond donors (Lipinski definition) is 0. The summed E-state index contributed by atoms with van der Waals surface area (Å²) in [4.78, 5) is 14.7. The first-order valence-electron chi connectivity index (χ1n) is 8.90.